The van der Waals surface area contributed by atoms with E-state index in [1.165, 1.54) is 6.20 Å². The molecule has 0 aliphatic rings. The maximum Gasteiger partial charge on any atom is 0.341 e. The number of carbonyl (C=O) groups excluding carboxylic acids is 1. The smallest absolute Gasteiger partial charge is 0.341 e. The minimum Gasteiger partial charge on any atom is -0.462 e. The van der Waals surface area contributed by atoms with Crippen molar-refractivity contribution < 1.29 is 14.3 Å². The van der Waals surface area contributed by atoms with Crippen LogP contribution < -0.4 is 0 Å². The summed E-state index contributed by atoms with van der Waals surface area (Å²) in [5.41, 5.74) is 1.89. The molecule has 0 saturated carbocycles. The molecule has 0 fully saturated rings. The Kier molecular flexibility index (Phi) is 4.47. The monoisotopic (exact) mass is 275 g/mol. The van der Waals surface area contributed by atoms with Gasteiger partial charge in [0.25, 0.3) is 0 Å². The van der Waals surface area contributed by atoms with Crippen LogP contribution in [-0.4, -0.2) is 34.5 Å². The van der Waals surface area contributed by atoms with Gasteiger partial charge in [0.05, 0.1) is 30.3 Å². The summed E-state index contributed by atoms with van der Waals surface area (Å²) in [6, 6.07) is 3.63. The Bertz CT molecular complexity index is 581. The summed E-state index contributed by atoms with van der Waals surface area (Å²) < 4.78 is 12.1. The third-order valence-electron chi connectivity index (χ3n) is 2.95. The van der Waals surface area contributed by atoms with Gasteiger partial charge in [-0.05, 0) is 26.0 Å². The van der Waals surface area contributed by atoms with Crippen LogP contribution in [0.5, 0.6) is 0 Å². The normalized spacial score (nSPS) is 12.2. The van der Waals surface area contributed by atoms with Crippen molar-refractivity contribution in [1.82, 2.24) is 14.8 Å². The second kappa shape index (κ2) is 6.29. The van der Waals surface area contributed by atoms with Crippen LogP contribution in [0.4, 0.5) is 0 Å². The maximum absolute atomic E-state index is 12.0. The summed E-state index contributed by atoms with van der Waals surface area (Å²) in [6.45, 7) is 3.95. The molecular formula is C14H17N3O3. The lowest BCUT2D eigenvalue weighted by molar-refractivity contribution is 0.0514. The first-order chi connectivity index (χ1) is 9.69. The van der Waals surface area contributed by atoms with Crippen LogP contribution in [0.1, 0.15) is 36.0 Å². The van der Waals surface area contributed by atoms with Gasteiger partial charge in [0.15, 0.2) is 0 Å². The van der Waals surface area contributed by atoms with Crippen molar-refractivity contribution in [2.75, 3.05) is 13.7 Å². The lowest BCUT2D eigenvalue weighted by Crippen LogP contribution is -2.13. The zero-order valence-electron chi connectivity index (χ0n) is 11.7. The molecule has 6 nitrogen and oxygen atoms in total. The maximum atomic E-state index is 12.0. The van der Waals surface area contributed by atoms with E-state index in [0.29, 0.717) is 17.9 Å². The molecule has 6 heteroatoms. The third-order valence-corrected chi connectivity index (χ3v) is 2.95. The SMILES string of the molecule is CCOC(=O)c1cnn(-c2ccncc2)c1C(C)OC. The Morgan fingerprint density at radius 2 is 2.10 bits per heavy atom. The second-order valence-electron chi connectivity index (χ2n) is 4.16. The van der Waals surface area contributed by atoms with Crippen molar-refractivity contribution in [2.45, 2.75) is 20.0 Å². The highest BCUT2D eigenvalue weighted by Crippen LogP contribution is 2.24. The summed E-state index contributed by atoms with van der Waals surface area (Å²) in [7, 11) is 1.59. The number of hydrogen-bond acceptors (Lipinski definition) is 5. The number of esters is 1. The molecule has 2 heterocycles. The molecule has 0 aliphatic heterocycles. The fourth-order valence-corrected chi connectivity index (χ4v) is 1.92. The number of hydrogen-bond donors (Lipinski definition) is 0. The Morgan fingerprint density at radius 3 is 2.70 bits per heavy atom. The zero-order chi connectivity index (χ0) is 14.5. The average molecular weight is 275 g/mol. The molecule has 2 rings (SSSR count). The van der Waals surface area contributed by atoms with Gasteiger partial charge in [-0.15, -0.1) is 0 Å². The summed E-state index contributed by atoms with van der Waals surface area (Å²) in [5, 5.41) is 4.27. The van der Waals surface area contributed by atoms with Gasteiger partial charge in [-0.3, -0.25) is 4.98 Å². The van der Waals surface area contributed by atoms with Crippen LogP contribution in [0, 0.1) is 0 Å². The highest BCUT2D eigenvalue weighted by Gasteiger charge is 2.23. The van der Waals surface area contributed by atoms with Gasteiger partial charge in [-0.25, -0.2) is 9.48 Å². The van der Waals surface area contributed by atoms with Crippen molar-refractivity contribution in [3.63, 3.8) is 0 Å². The minimum absolute atomic E-state index is 0.287. The van der Waals surface area contributed by atoms with E-state index in [4.69, 9.17) is 9.47 Å². The van der Waals surface area contributed by atoms with E-state index >= 15 is 0 Å². The Morgan fingerprint density at radius 1 is 1.40 bits per heavy atom. The number of pyridine rings is 1. The quantitative estimate of drug-likeness (QED) is 0.782. The molecule has 1 unspecified atom stereocenters. The van der Waals surface area contributed by atoms with Gasteiger partial charge in [0, 0.05) is 19.5 Å². The van der Waals surface area contributed by atoms with Gasteiger partial charge >= 0.3 is 5.97 Å². The summed E-state index contributed by atoms with van der Waals surface area (Å²) >= 11 is 0. The second-order valence-corrected chi connectivity index (χ2v) is 4.16. The summed E-state index contributed by atoms with van der Waals surface area (Å²) in [6.07, 6.45) is 4.55. The molecular weight excluding hydrogens is 258 g/mol. The van der Waals surface area contributed by atoms with Gasteiger partial charge in [-0.2, -0.15) is 5.10 Å². The number of rotatable bonds is 5. The molecule has 20 heavy (non-hydrogen) atoms. The van der Waals surface area contributed by atoms with Gasteiger partial charge < -0.3 is 9.47 Å². The first-order valence-corrected chi connectivity index (χ1v) is 6.37. The lowest BCUT2D eigenvalue weighted by Gasteiger charge is -2.14. The molecule has 0 bridgehead atoms. The van der Waals surface area contributed by atoms with Crippen molar-refractivity contribution >= 4 is 5.97 Å². The molecule has 0 aliphatic carbocycles. The standard InChI is InChI=1S/C14H17N3O3/c1-4-20-14(18)12-9-16-17(13(12)10(2)19-3)11-5-7-15-8-6-11/h5-10H,4H2,1-3H3. The molecule has 0 saturated heterocycles. The predicted molar refractivity (Wildman–Crippen MR) is 72.7 cm³/mol. The molecule has 0 spiro atoms. The zero-order valence-corrected chi connectivity index (χ0v) is 11.7. The van der Waals surface area contributed by atoms with E-state index in [9.17, 15) is 4.79 Å². The first-order valence-electron chi connectivity index (χ1n) is 6.37. The molecule has 0 amide bonds. The number of ether oxygens (including phenoxy) is 2. The van der Waals surface area contributed by atoms with E-state index in [-0.39, 0.29) is 6.10 Å². The van der Waals surface area contributed by atoms with Crippen LogP contribution >= 0.6 is 0 Å². The van der Waals surface area contributed by atoms with E-state index in [1.807, 2.05) is 19.1 Å². The van der Waals surface area contributed by atoms with Crippen LogP contribution in [-0.2, 0) is 9.47 Å². The minimum atomic E-state index is -0.397. The molecule has 0 N–H and O–H groups in total. The van der Waals surface area contributed by atoms with E-state index in [2.05, 4.69) is 10.1 Å². The average Bonchev–Trinajstić information content (AvgIpc) is 2.92. The van der Waals surface area contributed by atoms with E-state index in [0.717, 1.165) is 5.69 Å². The van der Waals surface area contributed by atoms with Crippen molar-refractivity contribution in [2.24, 2.45) is 0 Å². The van der Waals surface area contributed by atoms with Crippen molar-refractivity contribution in [1.29, 1.82) is 0 Å². The Hall–Kier alpha value is -2.21. The first kappa shape index (κ1) is 14.2. The highest BCUT2D eigenvalue weighted by molar-refractivity contribution is 5.90. The van der Waals surface area contributed by atoms with Gasteiger partial charge in [0.2, 0.25) is 0 Å². The molecule has 2 aromatic heterocycles. The van der Waals surface area contributed by atoms with Crippen molar-refractivity contribution in [3.8, 4) is 5.69 Å². The lowest BCUT2D eigenvalue weighted by atomic mass is 10.1. The highest BCUT2D eigenvalue weighted by atomic mass is 16.5. The topological polar surface area (TPSA) is 66.2 Å². The van der Waals surface area contributed by atoms with E-state index in [1.54, 1.807) is 31.1 Å². The largest absolute Gasteiger partial charge is 0.462 e. The van der Waals surface area contributed by atoms with Crippen LogP contribution in [0.2, 0.25) is 0 Å². The van der Waals surface area contributed by atoms with Gasteiger partial charge in [-0.1, -0.05) is 0 Å². The number of nitrogens with zero attached hydrogens (tertiary/aromatic N) is 3. The molecule has 2 aromatic rings. The third kappa shape index (κ3) is 2.70. The molecule has 1 atom stereocenters. The number of methoxy groups -OCH3 is 1. The van der Waals surface area contributed by atoms with Crippen LogP contribution in [0.15, 0.2) is 30.7 Å². The van der Waals surface area contributed by atoms with Crippen LogP contribution in [0.3, 0.4) is 0 Å². The molecule has 106 valence electrons. The van der Waals surface area contributed by atoms with E-state index < -0.39 is 5.97 Å². The molecule has 0 radical (unpaired) electrons. The summed E-state index contributed by atoms with van der Waals surface area (Å²) in [4.78, 5) is 16.0. The Labute approximate surface area is 117 Å². The number of carbonyl (C=O) groups is 1. The fourth-order valence-electron chi connectivity index (χ4n) is 1.92. The Balaban J connectivity index is 2.51. The molecule has 0 aromatic carbocycles. The number of aromatic nitrogens is 3. The summed E-state index contributed by atoms with van der Waals surface area (Å²) in [5.74, 6) is -0.397. The fraction of sp³-hybridized carbons (Fsp3) is 0.357. The van der Waals surface area contributed by atoms with Gasteiger partial charge in [0.1, 0.15) is 5.56 Å². The van der Waals surface area contributed by atoms with Crippen LogP contribution in [0.25, 0.3) is 5.69 Å². The van der Waals surface area contributed by atoms with Crippen molar-refractivity contribution in [3.05, 3.63) is 42.0 Å². The predicted octanol–water partition coefficient (Wildman–Crippen LogP) is 2.15.